The number of carbonyl (C=O) groups excluding carboxylic acids is 1. The molecular weight excluding hydrogens is 238 g/mol. The number of carbonyl (C=O) groups is 1. The molecule has 0 saturated carbocycles. The summed E-state index contributed by atoms with van der Waals surface area (Å²) in [5.41, 5.74) is 1.29. The van der Waals surface area contributed by atoms with Crippen molar-refractivity contribution in [1.29, 1.82) is 5.26 Å². The van der Waals surface area contributed by atoms with Gasteiger partial charge in [-0.1, -0.05) is 0 Å². The molecule has 1 rings (SSSR count). The summed E-state index contributed by atoms with van der Waals surface area (Å²) in [5.74, 6) is -0.0145. The van der Waals surface area contributed by atoms with E-state index in [1.807, 2.05) is 51.8 Å². The Kier molecular flexibility index (Phi) is 4.55. The zero-order valence-electron chi connectivity index (χ0n) is 12.2. The molecule has 0 heterocycles. The van der Waals surface area contributed by atoms with E-state index in [1.54, 1.807) is 12.1 Å². The smallest absolute Gasteiger partial charge is 0.242 e. The average molecular weight is 259 g/mol. The lowest BCUT2D eigenvalue weighted by Gasteiger charge is -2.29. The predicted octanol–water partition coefficient (Wildman–Crippen LogP) is 2.30. The maximum absolute atomic E-state index is 12.1. The van der Waals surface area contributed by atoms with Crippen molar-refractivity contribution in [3.63, 3.8) is 0 Å². The van der Waals surface area contributed by atoms with Gasteiger partial charge in [0.1, 0.15) is 6.04 Å². The molecule has 0 spiro atoms. The molecule has 0 aliphatic heterocycles. The van der Waals surface area contributed by atoms with Crippen LogP contribution < -0.4 is 10.2 Å². The standard InChI is InChI=1S/C15H21N3O/c1-11(14(19)17-15(2,3)4)18(5)13-8-6-12(10-16)7-9-13/h6-9,11H,1-5H3,(H,17,19). The fourth-order valence-corrected chi connectivity index (χ4v) is 1.64. The summed E-state index contributed by atoms with van der Waals surface area (Å²) in [5, 5.41) is 11.7. The molecule has 0 bridgehead atoms. The first kappa shape index (κ1) is 15.0. The highest BCUT2D eigenvalue weighted by molar-refractivity contribution is 5.85. The van der Waals surface area contributed by atoms with Gasteiger partial charge in [-0.15, -0.1) is 0 Å². The molecular formula is C15H21N3O. The maximum Gasteiger partial charge on any atom is 0.242 e. The number of likely N-dealkylation sites (N-methyl/N-ethyl adjacent to an activating group) is 1. The third-order valence-corrected chi connectivity index (χ3v) is 2.86. The molecule has 0 saturated heterocycles. The second-order valence-electron chi connectivity index (χ2n) is 5.68. The van der Waals surface area contributed by atoms with Crippen LogP contribution in [-0.4, -0.2) is 24.5 Å². The van der Waals surface area contributed by atoms with Crippen LogP contribution in [0.3, 0.4) is 0 Å². The highest BCUT2D eigenvalue weighted by Crippen LogP contribution is 2.16. The topological polar surface area (TPSA) is 56.1 Å². The number of hydrogen-bond acceptors (Lipinski definition) is 3. The third-order valence-electron chi connectivity index (χ3n) is 2.86. The number of anilines is 1. The van der Waals surface area contributed by atoms with Crippen LogP contribution in [0, 0.1) is 11.3 Å². The van der Waals surface area contributed by atoms with Crippen molar-refractivity contribution < 1.29 is 4.79 Å². The molecule has 4 heteroatoms. The van der Waals surface area contributed by atoms with E-state index in [0.717, 1.165) is 5.69 Å². The van der Waals surface area contributed by atoms with Gasteiger partial charge in [-0.25, -0.2) is 0 Å². The minimum atomic E-state index is -0.271. The number of benzene rings is 1. The lowest BCUT2D eigenvalue weighted by Crippen LogP contribution is -2.50. The van der Waals surface area contributed by atoms with E-state index in [1.165, 1.54) is 0 Å². The number of nitriles is 1. The van der Waals surface area contributed by atoms with Gasteiger partial charge in [0.2, 0.25) is 5.91 Å². The molecule has 0 fully saturated rings. The van der Waals surface area contributed by atoms with E-state index in [4.69, 9.17) is 5.26 Å². The summed E-state index contributed by atoms with van der Waals surface area (Å²) in [6.07, 6.45) is 0. The van der Waals surface area contributed by atoms with Gasteiger partial charge in [0, 0.05) is 18.3 Å². The Hall–Kier alpha value is -2.02. The first-order chi connectivity index (χ1) is 8.74. The van der Waals surface area contributed by atoms with Crippen molar-refractivity contribution in [2.75, 3.05) is 11.9 Å². The summed E-state index contributed by atoms with van der Waals surface area (Å²) in [6, 6.07) is 9.00. The average Bonchev–Trinajstić information content (AvgIpc) is 2.35. The van der Waals surface area contributed by atoms with Crippen LogP contribution in [0.2, 0.25) is 0 Å². The molecule has 1 aromatic rings. The minimum Gasteiger partial charge on any atom is -0.363 e. The van der Waals surface area contributed by atoms with E-state index in [2.05, 4.69) is 11.4 Å². The zero-order chi connectivity index (χ0) is 14.6. The monoisotopic (exact) mass is 259 g/mol. The quantitative estimate of drug-likeness (QED) is 0.906. The Morgan fingerprint density at radius 1 is 1.32 bits per heavy atom. The molecule has 1 N–H and O–H groups in total. The van der Waals surface area contributed by atoms with E-state index in [0.29, 0.717) is 5.56 Å². The highest BCUT2D eigenvalue weighted by Gasteiger charge is 2.22. The molecule has 1 aromatic carbocycles. The number of nitrogens with zero attached hydrogens (tertiary/aromatic N) is 2. The van der Waals surface area contributed by atoms with E-state index < -0.39 is 0 Å². The van der Waals surface area contributed by atoms with E-state index in [9.17, 15) is 4.79 Å². The van der Waals surface area contributed by atoms with Crippen molar-refractivity contribution in [3.05, 3.63) is 29.8 Å². The molecule has 1 atom stereocenters. The van der Waals surface area contributed by atoms with Crippen LogP contribution in [0.1, 0.15) is 33.3 Å². The predicted molar refractivity (Wildman–Crippen MR) is 76.9 cm³/mol. The fraction of sp³-hybridized carbons (Fsp3) is 0.467. The second kappa shape index (κ2) is 5.75. The highest BCUT2D eigenvalue weighted by atomic mass is 16.2. The normalized spacial score (nSPS) is 12.4. The number of amides is 1. The maximum atomic E-state index is 12.1. The van der Waals surface area contributed by atoms with Gasteiger partial charge in [0.15, 0.2) is 0 Å². The van der Waals surface area contributed by atoms with Gasteiger partial charge < -0.3 is 10.2 Å². The Bertz CT molecular complexity index is 480. The lowest BCUT2D eigenvalue weighted by atomic mass is 10.1. The first-order valence-corrected chi connectivity index (χ1v) is 6.29. The Balaban J connectivity index is 2.78. The molecule has 102 valence electrons. The van der Waals surface area contributed by atoms with Crippen molar-refractivity contribution >= 4 is 11.6 Å². The Labute approximate surface area is 115 Å². The van der Waals surface area contributed by atoms with Gasteiger partial charge >= 0.3 is 0 Å². The van der Waals surface area contributed by atoms with Crippen LogP contribution in [0.25, 0.3) is 0 Å². The van der Waals surface area contributed by atoms with Gasteiger partial charge in [0.05, 0.1) is 11.6 Å². The third kappa shape index (κ3) is 4.29. The molecule has 0 radical (unpaired) electrons. The summed E-state index contributed by atoms with van der Waals surface area (Å²) in [6.45, 7) is 7.73. The summed E-state index contributed by atoms with van der Waals surface area (Å²) in [7, 11) is 1.87. The molecule has 0 aliphatic rings. The molecule has 19 heavy (non-hydrogen) atoms. The number of hydrogen-bond donors (Lipinski definition) is 1. The summed E-state index contributed by atoms with van der Waals surface area (Å²) < 4.78 is 0. The Morgan fingerprint density at radius 3 is 2.26 bits per heavy atom. The SMILES string of the molecule is CC(C(=O)NC(C)(C)C)N(C)c1ccc(C#N)cc1. The van der Waals surface area contributed by atoms with Crippen molar-refractivity contribution in [1.82, 2.24) is 5.32 Å². The van der Waals surface area contributed by atoms with Crippen LogP contribution in [0.4, 0.5) is 5.69 Å². The van der Waals surface area contributed by atoms with Crippen molar-refractivity contribution in [2.45, 2.75) is 39.3 Å². The first-order valence-electron chi connectivity index (χ1n) is 6.29. The van der Waals surface area contributed by atoms with E-state index >= 15 is 0 Å². The molecule has 0 aromatic heterocycles. The van der Waals surface area contributed by atoms with Crippen LogP contribution >= 0.6 is 0 Å². The number of rotatable bonds is 3. The Morgan fingerprint density at radius 2 is 1.84 bits per heavy atom. The van der Waals surface area contributed by atoms with Crippen LogP contribution in [-0.2, 0) is 4.79 Å². The molecule has 1 unspecified atom stereocenters. The molecule has 1 amide bonds. The fourth-order valence-electron chi connectivity index (χ4n) is 1.64. The number of nitrogens with one attached hydrogen (secondary N) is 1. The van der Waals surface area contributed by atoms with Gasteiger partial charge in [-0.2, -0.15) is 5.26 Å². The molecule has 4 nitrogen and oxygen atoms in total. The largest absolute Gasteiger partial charge is 0.363 e. The lowest BCUT2D eigenvalue weighted by molar-refractivity contribution is -0.123. The van der Waals surface area contributed by atoms with Gasteiger partial charge in [0.25, 0.3) is 0 Å². The summed E-state index contributed by atoms with van der Waals surface area (Å²) in [4.78, 5) is 14.0. The van der Waals surface area contributed by atoms with Crippen LogP contribution in [0.15, 0.2) is 24.3 Å². The minimum absolute atomic E-state index is 0.0145. The second-order valence-corrected chi connectivity index (χ2v) is 5.68. The summed E-state index contributed by atoms with van der Waals surface area (Å²) >= 11 is 0. The molecule has 0 aliphatic carbocycles. The van der Waals surface area contributed by atoms with Crippen molar-refractivity contribution in [2.24, 2.45) is 0 Å². The van der Waals surface area contributed by atoms with Gasteiger partial charge in [-0.3, -0.25) is 4.79 Å². The zero-order valence-corrected chi connectivity index (χ0v) is 12.2. The van der Waals surface area contributed by atoms with Gasteiger partial charge in [-0.05, 0) is 52.0 Å². The van der Waals surface area contributed by atoms with Crippen molar-refractivity contribution in [3.8, 4) is 6.07 Å². The van der Waals surface area contributed by atoms with E-state index in [-0.39, 0.29) is 17.5 Å². The van der Waals surface area contributed by atoms with Crippen LogP contribution in [0.5, 0.6) is 0 Å².